The Morgan fingerprint density at radius 2 is 1.36 bits per heavy atom. The summed E-state index contributed by atoms with van der Waals surface area (Å²) in [6.45, 7) is 0. The lowest BCUT2D eigenvalue weighted by molar-refractivity contribution is -0.164. The fourth-order valence-corrected chi connectivity index (χ4v) is 3.80. The Bertz CT molecular complexity index is 1190. The molecule has 36 heavy (non-hydrogen) atoms. The molecule has 0 heterocycles. The van der Waals surface area contributed by atoms with E-state index in [1.807, 2.05) is 0 Å². The van der Waals surface area contributed by atoms with Crippen molar-refractivity contribution in [3.8, 4) is 0 Å². The van der Waals surface area contributed by atoms with Crippen molar-refractivity contribution in [1.82, 2.24) is 5.32 Å². The summed E-state index contributed by atoms with van der Waals surface area (Å²) in [7, 11) is 0. The molecule has 0 bridgehead atoms. The van der Waals surface area contributed by atoms with Crippen LogP contribution < -0.4 is 5.32 Å². The van der Waals surface area contributed by atoms with Crippen molar-refractivity contribution in [2.45, 2.75) is 36.8 Å². The smallest absolute Gasteiger partial charge is 0.383 e. The predicted octanol–water partition coefficient (Wildman–Crippen LogP) is 5.90. The zero-order valence-corrected chi connectivity index (χ0v) is 18.3. The number of halogens is 8. The van der Waals surface area contributed by atoms with Gasteiger partial charge in [0.25, 0.3) is 0 Å². The molecule has 2 N–H and O–H groups in total. The quantitative estimate of drug-likeness (QED) is 0.384. The normalized spacial score (nSPS) is 14.7. The van der Waals surface area contributed by atoms with Gasteiger partial charge in [0.05, 0.1) is 17.5 Å². The maximum absolute atomic E-state index is 14.5. The first-order valence-electron chi connectivity index (χ1n) is 10.4. The molecule has 0 fully saturated rings. The summed E-state index contributed by atoms with van der Waals surface area (Å²) in [5, 5.41) is 12.1. The van der Waals surface area contributed by atoms with Gasteiger partial charge in [-0.1, -0.05) is 42.5 Å². The minimum Gasteiger partial charge on any atom is -0.383 e. The molecule has 2 atom stereocenters. The molecule has 0 radical (unpaired) electrons. The molecule has 0 aliphatic heterocycles. The van der Waals surface area contributed by atoms with E-state index in [0.29, 0.717) is 17.7 Å². The average Bonchev–Trinajstić information content (AvgIpc) is 2.77. The summed E-state index contributed by atoms with van der Waals surface area (Å²) in [6, 6.07) is 13.3. The Kier molecular flexibility index (Phi) is 7.73. The molecule has 3 aromatic rings. The highest BCUT2D eigenvalue weighted by molar-refractivity contribution is 5.82. The monoisotopic (exact) mass is 517 g/mol. The van der Waals surface area contributed by atoms with Gasteiger partial charge in [0.15, 0.2) is 0 Å². The number of hydrogen-bond donors (Lipinski definition) is 2. The molecule has 0 saturated heterocycles. The number of rotatable bonds is 7. The third-order valence-corrected chi connectivity index (χ3v) is 5.43. The maximum Gasteiger partial charge on any atom is 0.416 e. The lowest BCUT2D eigenvalue weighted by atomic mass is 9.77. The molecule has 3 rings (SSSR count). The number of aliphatic hydroxyl groups excluding tert-OH is 1. The third-order valence-electron chi connectivity index (χ3n) is 5.43. The molecular formula is C25H19F8NO2. The zero-order valence-electron chi connectivity index (χ0n) is 18.3. The molecule has 0 aromatic heterocycles. The van der Waals surface area contributed by atoms with Crippen LogP contribution in [0.25, 0.3) is 0 Å². The topological polar surface area (TPSA) is 49.3 Å². The van der Waals surface area contributed by atoms with Gasteiger partial charge in [0.1, 0.15) is 17.7 Å². The standard InChI is InChI=1S/C25H19F8NO2/c26-19-8-6-16(7-9-19)23(13-15-4-2-1-3-5-15,34-22(36)21(35)14-24(28,29)30)17-10-18(25(31,32)33)12-20(27)11-17/h1-12,21,35H,13-14H2,(H,34,36)/t21?,23-/m1/s1. The lowest BCUT2D eigenvalue weighted by Gasteiger charge is -2.37. The van der Waals surface area contributed by atoms with E-state index >= 15 is 0 Å². The second-order valence-corrected chi connectivity index (χ2v) is 8.13. The third kappa shape index (κ3) is 6.60. The molecule has 0 spiro atoms. The molecule has 0 saturated carbocycles. The van der Waals surface area contributed by atoms with E-state index in [0.717, 1.165) is 24.3 Å². The molecule has 11 heteroatoms. The first kappa shape index (κ1) is 27.1. The summed E-state index contributed by atoms with van der Waals surface area (Å²) >= 11 is 0. The Labute approximate surface area is 200 Å². The predicted molar refractivity (Wildman–Crippen MR) is 114 cm³/mol. The van der Waals surface area contributed by atoms with Crippen LogP contribution in [0.3, 0.4) is 0 Å². The van der Waals surface area contributed by atoms with Crippen molar-refractivity contribution >= 4 is 5.91 Å². The summed E-state index contributed by atoms with van der Waals surface area (Å²) in [5.41, 5.74) is -3.68. The number of benzene rings is 3. The van der Waals surface area contributed by atoms with E-state index in [9.17, 15) is 45.0 Å². The van der Waals surface area contributed by atoms with Crippen molar-refractivity contribution in [3.63, 3.8) is 0 Å². The Morgan fingerprint density at radius 1 is 0.778 bits per heavy atom. The Morgan fingerprint density at radius 3 is 1.92 bits per heavy atom. The van der Waals surface area contributed by atoms with Gasteiger partial charge in [0, 0.05) is 6.42 Å². The molecule has 192 valence electrons. The SMILES string of the molecule is O=C(N[C@](Cc1ccccc1)(c1ccc(F)cc1)c1cc(F)cc(C(F)(F)F)c1)C(O)CC(F)(F)F. The van der Waals surface area contributed by atoms with Crippen LogP contribution in [0.15, 0.2) is 72.8 Å². The van der Waals surface area contributed by atoms with Crippen molar-refractivity contribution < 1.29 is 45.0 Å². The van der Waals surface area contributed by atoms with Gasteiger partial charge in [-0.2, -0.15) is 26.3 Å². The zero-order chi connectivity index (χ0) is 26.7. The van der Waals surface area contributed by atoms with Crippen molar-refractivity contribution in [3.05, 3.63) is 107 Å². The van der Waals surface area contributed by atoms with Gasteiger partial charge < -0.3 is 10.4 Å². The van der Waals surface area contributed by atoms with Crippen LogP contribution in [0.1, 0.15) is 28.7 Å². The number of amides is 1. The first-order valence-corrected chi connectivity index (χ1v) is 10.4. The molecule has 1 unspecified atom stereocenters. The first-order chi connectivity index (χ1) is 16.7. The number of hydrogen-bond acceptors (Lipinski definition) is 2. The van der Waals surface area contributed by atoms with Gasteiger partial charge in [-0.15, -0.1) is 0 Å². The van der Waals surface area contributed by atoms with E-state index in [1.54, 1.807) is 18.2 Å². The van der Waals surface area contributed by atoms with Gasteiger partial charge in [-0.25, -0.2) is 8.78 Å². The summed E-state index contributed by atoms with van der Waals surface area (Å²) in [6.07, 6.45) is -14.9. The summed E-state index contributed by atoms with van der Waals surface area (Å²) < 4.78 is 107. The second-order valence-electron chi connectivity index (χ2n) is 8.13. The van der Waals surface area contributed by atoms with Crippen LogP contribution in [0, 0.1) is 11.6 Å². The van der Waals surface area contributed by atoms with Gasteiger partial charge in [0.2, 0.25) is 5.91 Å². The molecule has 0 aliphatic rings. The molecule has 0 aliphatic carbocycles. The lowest BCUT2D eigenvalue weighted by Crippen LogP contribution is -2.52. The highest BCUT2D eigenvalue weighted by atomic mass is 19.4. The van der Waals surface area contributed by atoms with Gasteiger partial charge in [-0.3, -0.25) is 4.79 Å². The Balaban J connectivity index is 2.27. The number of carbonyl (C=O) groups excluding carboxylic acids is 1. The minimum atomic E-state index is -5.00. The molecule has 3 aromatic carbocycles. The van der Waals surface area contributed by atoms with Crippen LogP contribution in [0.4, 0.5) is 35.1 Å². The van der Waals surface area contributed by atoms with E-state index in [2.05, 4.69) is 5.32 Å². The maximum atomic E-state index is 14.5. The van der Waals surface area contributed by atoms with Gasteiger partial charge in [-0.05, 0) is 47.0 Å². The van der Waals surface area contributed by atoms with Crippen LogP contribution >= 0.6 is 0 Å². The van der Waals surface area contributed by atoms with E-state index in [1.165, 1.54) is 12.1 Å². The van der Waals surface area contributed by atoms with Gasteiger partial charge >= 0.3 is 12.4 Å². The Hall–Kier alpha value is -3.47. The highest BCUT2D eigenvalue weighted by Gasteiger charge is 2.42. The molecular weight excluding hydrogens is 498 g/mol. The van der Waals surface area contributed by atoms with E-state index < -0.39 is 59.1 Å². The van der Waals surface area contributed by atoms with Crippen LogP contribution in [-0.4, -0.2) is 23.3 Å². The van der Waals surface area contributed by atoms with Crippen molar-refractivity contribution in [2.75, 3.05) is 0 Å². The van der Waals surface area contributed by atoms with E-state index in [4.69, 9.17) is 0 Å². The van der Waals surface area contributed by atoms with Crippen LogP contribution in [-0.2, 0) is 22.9 Å². The molecule has 1 amide bonds. The number of alkyl halides is 6. The van der Waals surface area contributed by atoms with Crippen molar-refractivity contribution in [1.29, 1.82) is 0 Å². The fourth-order valence-electron chi connectivity index (χ4n) is 3.80. The second kappa shape index (κ2) is 10.3. The number of nitrogens with one attached hydrogen (secondary N) is 1. The fraction of sp³-hybridized carbons (Fsp3) is 0.240. The average molecular weight is 517 g/mol. The minimum absolute atomic E-state index is 0.0564. The van der Waals surface area contributed by atoms with Crippen molar-refractivity contribution in [2.24, 2.45) is 0 Å². The molecule has 3 nitrogen and oxygen atoms in total. The largest absolute Gasteiger partial charge is 0.416 e. The summed E-state index contributed by atoms with van der Waals surface area (Å²) in [5.74, 6) is -3.64. The van der Waals surface area contributed by atoms with E-state index in [-0.39, 0.29) is 18.1 Å². The van der Waals surface area contributed by atoms with Crippen LogP contribution in [0.5, 0.6) is 0 Å². The number of aliphatic hydroxyl groups is 1. The summed E-state index contributed by atoms with van der Waals surface area (Å²) in [4.78, 5) is 12.8. The van der Waals surface area contributed by atoms with Crippen LogP contribution in [0.2, 0.25) is 0 Å². The highest BCUT2D eigenvalue weighted by Crippen LogP contribution is 2.38. The number of carbonyl (C=O) groups is 1.